The zero-order chi connectivity index (χ0) is 38.1. The van der Waals surface area contributed by atoms with Crippen molar-refractivity contribution in [3.63, 3.8) is 0 Å². The van der Waals surface area contributed by atoms with E-state index in [1.165, 1.54) is 55.3 Å². The fraction of sp³-hybridized carbons (Fsp3) is 0.0545. The highest BCUT2D eigenvalue weighted by Crippen LogP contribution is 2.53. The molecular weight excluding hydrogens is 691 g/mol. The van der Waals surface area contributed by atoms with Gasteiger partial charge in [-0.2, -0.15) is 0 Å². The molecule has 0 aliphatic heterocycles. The smallest absolute Gasteiger partial charge is 0.145 e. The molecule has 2 nitrogen and oxygen atoms in total. The second kappa shape index (κ2) is 13.0. The summed E-state index contributed by atoms with van der Waals surface area (Å²) in [6.45, 7) is 4.66. The molecule has 0 N–H and O–H groups in total. The van der Waals surface area contributed by atoms with Gasteiger partial charge in [-0.25, -0.2) is 0 Å². The molecule has 2 heteroatoms. The van der Waals surface area contributed by atoms with Crippen molar-refractivity contribution in [2.45, 2.75) is 19.3 Å². The summed E-state index contributed by atoms with van der Waals surface area (Å²) in [6.07, 6.45) is 0. The van der Waals surface area contributed by atoms with Crippen molar-refractivity contribution in [1.82, 2.24) is 0 Å². The predicted molar refractivity (Wildman–Crippen MR) is 240 cm³/mol. The summed E-state index contributed by atoms with van der Waals surface area (Å²) in [5.74, 6) is 0. The summed E-state index contributed by atoms with van der Waals surface area (Å²) in [4.78, 5) is 2.40. The molecule has 1 heterocycles. The summed E-state index contributed by atoms with van der Waals surface area (Å²) in [5.41, 5.74) is 17.1. The van der Waals surface area contributed by atoms with Crippen LogP contribution in [0.15, 0.2) is 205 Å². The average Bonchev–Trinajstić information content (AvgIpc) is 3.76. The molecule has 0 saturated carbocycles. The van der Waals surface area contributed by atoms with Crippen molar-refractivity contribution in [2.75, 3.05) is 4.90 Å². The molecule has 0 spiro atoms. The number of nitrogens with zero attached hydrogens (tertiary/aromatic N) is 1. The molecule has 57 heavy (non-hydrogen) atoms. The third-order valence-corrected chi connectivity index (χ3v) is 12.1. The Labute approximate surface area is 332 Å². The lowest BCUT2D eigenvalue weighted by Crippen LogP contribution is -2.14. The Hall–Kier alpha value is -7.16. The molecule has 0 atom stereocenters. The first-order chi connectivity index (χ1) is 28.0. The zero-order valence-corrected chi connectivity index (χ0v) is 31.9. The molecule has 0 bridgehead atoms. The first-order valence-corrected chi connectivity index (χ1v) is 19.8. The third kappa shape index (κ3) is 5.40. The van der Waals surface area contributed by atoms with Gasteiger partial charge in [-0.05, 0) is 115 Å². The first-order valence-electron chi connectivity index (χ1n) is 19.8. The van der Waals surface area contributed by atoms with Crippen LogP contribution in [-0.2, 0) is 5.41 Å². The number of fused-ring (bicyclic) bond motifs is 7. The van der Waals surface area contributed by atoms with E-state index in [1.807, 2.05) is 0 Å². The quantitative estimate of drug-likeness (QED) is 0.169. The zero-order valence-electron chi connectivity index (χ0n) is 31.9. The molecule has 0 fully saturated rings. The van der Waals surface area contributed by atoms with Crippen molar-refractivity contribution >= 4 is 49.8 Å². The maximum absolute atomic E-state index is 7.08. The van der Waals surface area contributed by atoms with Gasteiger partial charge < -0.3 is 9.32 Å². The van der Waals surface area contributed by atoms with Crippen molar-refractivity contribution in [3.05, 3.63) is 211 Å². The van der Waals surface area contributed by atoms with Gasteiger partial charge >= 0.3 is 0 Å². The minimum Gasteiger partial charge on any atom is -0.455 e. The van der Waals surface area contributed by atoms with Crippen LogP contribution in [0.25, 0.3) is 77.2 Å². The summed E-state index contributed by atoms with van der Waals surface area (Å²) in [5, 5.41) is 4.70. The second-order valence-electron chi connectivity index (χ2n) is 15.7. The van der Waals surface area contributed by atoms with Gasteiger partial charge in [0.05, 0.1) is 11.1 Å². The summed E-state index contributed by atoms with van der Waals surface area (Å²) >= 11 is 0. The number of hydrogen-bond donors (Lipinski definition) is 0. The summed E-state index contributed by atoms with van der Waals surface area (Å²) in [7, 11) is 0. The van der Waals surface area contributed by atoms with Gasteiger partial charge in [-0.15, -0.1) is 0 Å². The standard InChI is InChI=1S/C55H39NO/c1-55(2)49-20-12-11-19-46(49)47-34-48-52(35-50(47)55)57-54-45(40-16-7-4-8-17-40)31-32-51(53(48)54)56(43-27-23-38(24-28-43)36-13-5-3-6-14-36)44-29-25-39(26-30-44)42-22-21-37-15-9-10-18-41(37)33-42/h3-35H,1-2H3. The van der Waals surface area contributed by atoms with Crippen molar-refractivity contribution in [1.29, 1.82) is 0 Å². The lowest BCUT2D eigenvalue weighted by molar-refractivity contribution is 0.648. The SMILES string of the molecule is CC1(C)c2ccccc2-c2cc3c(cc21)oc1c(-c2ccccc2)ccc(N(c2ccc(-c4ccccc4)cc2)c2ccc(-c4ccc5ccccc5c4)cc2)c13. The summed E-state index contributed by atoms with van der Waals surface area (Å²) < 4.78 is 7.08. The minimum absolute atomic E-state index is 0.135. The Balaban J connectivity index is 1.15. The van der Waals surface area contributed by atoms with E-state index in [9.17, 15) is 0 Å². The lowest BCUT2D eigenvalue weighted by Gasteiger charge is -2.27. The molecule has 1 aliphatic carbocycles. The van der Waals surface area contributed by atoms with Crippen LogP contribution < -0.4 is 4.90 Å². The number of benzene rings is 9. The molecule has 0 amide bonds. The van der Waals surface area contributed by atoms with Gasteiger partial charge in [0, 0.05) is 27.7 Å². The predicted octanol–water partition coefficient (Wildman–Crippen LogP) is 15.5. The molecule has 0 unspecified atom stereocenters. The topological polar surface area (TPSA) is 16.4 Å². The van der Waals surface area contributed by atoms with Crippen LogP contribution >= 0.6 is 0 Å². The molecule has 9 aromatic carbocycles. The van der Waals surface area contributed by atoms with E-state index in [0.29, 0.717) is 0 Å². The van der Waals surface area contributed by atoms with Gasteiger partial charge in [0.15, 0.2) is 0 Å². The highest BCUT2D eigenvalue weighted by Gasteiger charge is 2.36. The van der Waals surface area contributed by atoms with Crippen LogP contribution in [0.4, 0.5) is 17.1 Å². The molecule has 1 aliphatic rings. The van der Waals surface area contributed by atoms with Crippen molar-refractivity contribution in [2.24, 2.45) is 0 Å². The van der Waals surface area contributed by atoms with Gasteiger partial charge in [-0.1, -0.05) is 159 Å². The van der Waals surface area contributed by atoms with Crippen LogP contribution in [0.2, 0.25) is 0 Å². The monoisotopic (exact) mass is 729 g/mol. The molecule has 10 aromatic rings. The molecule has 0 radical (unpaired) electrons. The Morgan fingerprint density at radius 1 is 0.404 bits per heavy atom. The Morgan fingerprint density at radius 3 is 1.70 bits per heavy atom. The fourth-order valence-corrected chi connectivity index (χ4v) is 9.12. The lowest BCUT2D eigenvalue weighted by atomic mass is 9.82. The van der Waals surface area contributed by atoms with E-state index < -0.39 is 0 Å². The fourth-order valence-electron chi connectivity index (χ4n) is 9.12. The average molecular weight is 730 g/mol. The highest BCUT2D eigenvalue weighted by atomic mass is 16.3. The van der Waals surface area contributed by atoms with Crippen molar-refractivity contribution < 1.29 is 4.42 Å². The molecular formula is C55H39NO. The van der Waals surface area contributed by atoms with E-state index in [0.717, 1.165) is 50.1 Å². The molecule has 270 valence electrons. The van der Waals surface area contributed by atoms with Crippen LogP contribution in [0, 0.1) is 0 Å². The van der Waals surface area contributed by atoms with Crippen LogP contribution in [0.1, 0.15) is 25.0 Å². The van der Waals surface area contributed by atoms with E-state index in [-0.39, 0.29) is 5.41 Å². The number of anilines is 3. The van der Waals surface area contributed by atoms with Gasteiger partial charge in [0.2, 0.25) is 0 Å². The Morgan fingerprint density at radius 2 is 0.982 bits per heavy atom. The Bertz CT molecular complexity index is 3120. The number of hydrogen-bond acceptors (Lipinski definition) is 2. The van der Waals surface area contributed by atoms with Gasteiger partial charge in [-0.3, -0.25) is 0 Å². The summed E-state index contributed by atoms with van der Waals surface area (Å²) in [6, 6.07) is 72.5. The number of furan rings is 1. The molecule has 0 saturated heterocycles. The largest absolute Gasteiger partial charge is 0.455 e. The van der Waals surface area contributed by atoms with Crippen LogP contribution in [0.5, 0.6) is 0 Å². The maximum Gasteiger partial charge on any atom is 0.145 e. The molecule has 1 aromatic heterocycles. The number of rotatable bonds is 6. The van der Waals surface area contributed by atoms with Crippen LogP contribution in [-0.4, -0.2) is 0 Å². The minimum atomic E-state index is -0.135. The van der Waals surface area contributed by atoms with E-state index in [2.05, 4.69) is 219 Å². The van der Waals surface area contributed by atoms with Gasteiger partial charge in [0.25, 0.3) is 0 Å². The first kappa shape index (κ1) is 33.2. The maximum atomic E-state index is 7.08. The Kier molecular flexibility index (Phi) is 7.55. The van der Waals surface area contributed by atoms with E-state index in [4.69, 9.17) is 4.42 Å². The van der Waals surface area contributed by atoms with Gasteiger partial charge in [0.1, 0.15) is 11.2 Å². The third-order valence-electron chi connectivity index (χ3n) is 12.1. The molecule has 11 rings (SSSR count). The normalized spacial score (nSPS) is 12.9. The second-order valence-corrected chi connectivity index (χ2v) is 15.7. The van der Waals surface area contributed by atoms with Crippen molar-refractivity contribution in [3.8, 4) is 44.5 Å². The highest BCUT2D eigenvalue weighted by molar-refractivity contribution is 6.18. The van der Waals surface area contributed by atoms with E-state index >= 15 is 0 Å². The van der Waals surface area contributed by atoms with Crippen LogP contribution in [0.3, 0.4) is 0 Å². The van der Waals surface area contributed by atoms with E-state index in [1.54, 1.807) is 0 Å².